The number of likely N-dealkylation sites (tertiary alicyclic amines) is 1. The van der Waals surface area contributed by atoms with Crippen LogP contribution in [0.3, 0.4) is 0 Å². The number of nitrogens with one attached hydrogen (secondary N) is 1. The Morgan fingerprint density at radius 2 is 1.65 bits per heavy atom. The van der Waals surface area contributed by atoms with Crippen molar-refractivity contribution in [2.45, 2.75) is 31.7 Å². The topological polar surface area (TPSA) is 41.6 Å². The zero-order chi connectivity index (χ0) is 17.8. The van der Waals surface area contributed by atoms with Crippen molar-refractivity contribution in [3.63, 3.8) is 0 Å². The second-order valence-corrected chi connectivity index (χ2v) is 7.33. The van der Waals surface area contributed by atoms with Gasteiger partial charge in [-0.3, -0.25) is 4.79 Å². The van der Waals surface area contributed by atoms with Crippen molar-refractivity contribution in [1.82, 2.24) is 10.2 Å². The van der Waals surface area contributed by atoms with Crippen LogP contribution in [0.15, 0.2) is 54.6 Å². The molecular weight excluding hydrogens is 324 g/mol. The standard InChI is InChI=1S/C22H26N2O2/c25-22(24-14-12-18(13-15-24)23-16-17-10-11-17)20-8-4-5-9-21(20)26-19-6-2-1-3-7-19/h1-9,17-18,23H,10-16H2. The maximum atomic E-state index is 13.0. The quantitative estimate of drug-likeness (QED) is 0.853. The zero-order valence-corrected chi connectivity index (χ0v) is 15.1. The van der Waals surface area contributed by atoms with E-state index in [-0.39, 0.29) is 5.91 Å². The molecule has 1 amide bonds. The average Bonchev–Trinajstić information content (AvgIpc) is 3.52. The summed E-state index contributed by atoms with van der Waals surface area (Å²) in [7, 11) is 0. The highest BCUT2D eigenvalue weighted by molar-refractivity contribution is 5.97. The molecule has 1 saturated heterocycles. The number of amides is 1. The van der Waals surface area contributed by atoms with Gasteiger partial charge in [-0.1, -0.05) is 30.3 Å². The lowest BCUT2D eigenvalue weighted by molar-refractivity contribution is 0.0702. The molecule has 1 heterocycles. The number of hydrogen-bond acceptors (Lipinski definition) is 3. The van der Waals surface area contributed by atoms with E-state index in [0.29, 0.717) is 17.4 Å². The molecule has 0 radical (unpaired) electrons. The molecule has 136 valence electrons. The highest BCUT2D eigenvalue weighted by Crippen LogP contribution is 2.29. The van der Waals surface area contributed by atoms with Gasteiger partial charge in [0.2, 0.25) is 0 Å². The Morgan fingerprint density at radius 1 is 0.962 bits per heavy atom. The van der Waals surface area contributed by atoms with Crippen molar-refractivity contribution in [2.24, 2.45) is 5.92 Å². The molecule has 4 nitrogen and oxygen atoms in total. The van der Waals surface area contributed by atoms with Gasteiger partial charge in [-0.25, -0.2) is 0 Å². The maximum absolute atomic E-state index is 13.0. The molecule has 2 aliphatic rings. The van der Waals surface area contributed by atoms with Crippen LogP contribution < -0.4 is 10.1 Å². The van der Waals surface area contributed by atoms with E-state index in [1.54, 1.807) is 0 Å². The Balaban J connectivity index is 1.38. The Morgan fingerprint density at radius 3 is 2.38 bits per heavy atom. The van der Waals surface area contributed by atoms with Crippen molar-refractivity contribution in [1.29, 1.82) is 0 Å². The zero-order valence-electron chi connectivity index (χ0n) is 15.1. The van der Waals surface area contributed by atoms with Crippen molar-refractivity contribution in [3.05, 3.63) is 60.2 Å². The summed E-state index contributed by atoms with van der Waals surface area (Å²) in [6.45, 7) is 2.76. The molecule has 0 spiro atoms. The molecule has 0 bridgehead atoms. The van der Waals surface area contributed by atoms with Gasteiger partial charge in [0.25, 0.3) is 5.91 Å². The number of carbonyl (C=O) groups is 1. The van der Waals surface area contributed by atoms with Gasteiger partial charge >= 0.3 is 0 Å². The molecule has 1 N–H and O–H groups in total. The molecule has 0 unspecified atom stereocenters. The first-order valence-corrected chi connectivity index (χ1v) is 9.64. The molecule has 2 aromatic rings. The molecule has 2 aromatic carbocycles. The maximum Gasteiger partial charge on any atom is 0.257 e. The van der Waals surface area contributed by atoms with Crippen LogP contribution in [0.4, 0.5) is 0 Å². The van der Waals surface area contributed by atoms with Crippen molar-refractivity contribution in [3.8, 4) is 11.5 Å². The minimum atomic E-state index is 0.0668. The summed E-state index contributed by atoms with van der Waals surface area (Å²) in [5.74, 6) is 2.34. The summed E-state index contributed by atoms with van der Waals surface area (Å²) in [5.41, 5.74) is 0.640. The van der Waals surface area contributed by atoms with E-state index in [4.69, 9.17) is 4.74 Å². The number of nitrogens with zero attached hydrogens (tertiary/aromatic N) is 1. The Bertz CT molecular complexity index is 735. The molecule has 0 atom stereocenters. The molecule has 0 aromatic heterocycles. The minimum Gasteiger partial charge on any atom is -0.457 e. The van der Waals surface area contributed by atoms with Gasteiger partial charge < -0.3 is 15.0 Å². The van der Waals surface area contributed by atoms with Crippen LogP contribution in [0.1, 0.15) is 36.0 Å². The number of piperidine rings is 1. The minimum absolute atomic E-state index is 0.0668. The number of para-hydroxylation sites is 2. The number of ether oxygens (including phenoxy) is 1. The number of carbonyl (C=O) groups excluding carboxylic acids is 1. The third-order valence-corrected chi connectivity index (χ3v) is 5.26. The van der Waals surface area contributed by atoms with Crippen LogP contribution in [-0.4, -0.2) is 36.5 Å². The third kappa shape index (κ3) is 4.25. The fourth-order valence-corrected chi connectivity index (χ4v) is 3.46. The highest BCUT2D eigenvalue weighted by Gasteiger charge is 2.27. The number of benzene rings is 2. The lowest BCUT2D eigenvalue weighted by Gasteiger charge is -2.33. The van der Waals surface area contributed by atoms with Gasteiger partial charge in [0.15, 0.2) is 0 Å². The van der Waals surface area contributed by atoms with E-state index < -0.39 is 0 Å². The first-order chi connectivity index (χ1) is 12.8. The number of rotatable bonds is 6. The van der Waals surface area contributed by atoms with Crippen LogP contribution in [-0.2, 0) is 0 Å². The van der Waals surface area contributed by atoms with E-state index in [1.807, 2.05) is 59.5 Å². The second-order valence-electron chi connectivity index (χ2n) is 7.33. The molecule has 26 heavy (non-hydrogen) atoms. The van der Waals surface area contributed by atoms with E-state index >= 15 is 0 Å². The van der Waals surface area contributed by atoms with Crippen LogP contribution in [0.5, 0.6) is 11.5 Å². The summed E-state index contributed by atoms with van der Waals surface area (Å²) in [6.07, 6.45) is 4.81. The third-order valence-electron chi connectivity index (χ3n) is 5.26. The predicted molar refractivity (Wildman–Crippen MR) is 103 cm³/mol. The summed E-state index contributed by atoms with van der Waals surface area (Å²) < 4.78 is 5.95. The van der Waals surface area contributed by atoms with Crippen molar-refractivity contribution < 1.29 is 9.53 Å². The molecule has 1 saturated carbocycles. The van der Waals surface area contributed by atoms with Crippen LogP contribution >= 0.6 is 0 Å². The Hall–Kier alpha value is -2.33. The molecule has 1 aliphatic carbocycles. The normalized spacial score (nSPS) is 17.9. The van der Waals surface area contributed by atoms with E-state index in [1.165, 1.54) is 12.8 Å². The SMILES string of the molecule is O=C(c1ccccc1Oc1ccccc1)N1CCC(NCC2CC2)CC1. The molecule has 2 fully saturated rings. The summed E-state index contributed by atoms with van der Waals surface area (Å²) in [5, 5.41) is 3.66. The van der Waals surface area contributed by atoms with Crippen LogP contribution in [0.2, 0.25) is 0 Å². The lowest BCUT2D eigenvalue weighted by atomic mass is 10.0. The summed E-state index contributed by atoms with van der Waals surface area (Å²) in [4.78, 5) is 15.0. The second kappa shape index (κ2) is 7.92. The largest absolute Gasteiger partial charge is 0.457 e. The highest BCUT2D eigenvalue weighted by atomic mass is 16.5. The first-order valence-electron chi connectivity index (χ1n) is 9.64. The lowest BCUT2D eigenvalue weighted by Crippen LogP contribution is -2.45. The first kappa shape index (κ1) is 17.1. The molecule has 1 aliphatic heterocycles. The van der Waals surface area contributed by atoms with Gasteiger partial charge in [-0.05, 0) is 62.4 Å². The monoisotopic (exact) mass is 350 g/mol. The number of hydrogen-bond donors (Lipinski definition) is 1. The van der Waals surface area contributed by atoms with E-state index in [2.05, 4.69) is 5.32 Å². The fourth-order valence-electron chi connectivity index (χ4n) is 3.46. The smallest absolute Gasteiger partial charge is 0.257 e. The predicted octanol–water partition coefficient (Wildman–Crippen LogP) is 4.08. The molecular formula is C22H26N2O2. The Labute approximate surface area is 155 Å². The van der Waals surface area contributed by atoms with Gasteiger partial charge in [-0.2, -0.15) is 0 Å². The van der Waals surface area contributed by atoms with Gasteiger partial charge in [0.05, 0.1) is 5.56 Å². The summed E-state index contributed by atoms with van der Waals surface area (Å²) >= 11 is 0. The van der Waals surface area contributed by atoms with Crippen molar-refractivity contribution >= 4 is 5.91 Å². The van der Waals surface area contributed by atoms with E-state index in [9.17, 15) is 4.79 Å². The fraction of sp³-hybridized carbons (Fsp3) is 0.409. The Kier molecular flexibility index (Phi) is 5.21. The van der Waals surface area contributed by atoms with E-state index in [0.717, 1.165) is 44.1 Å². The summed E-state index contributed by atoms with van der Waals surface area (Å²) in [6, 6.07) is 17.7. The van der Waals surface area contributed by atoms with Gasteiger partial charge in [0, 0.05) is 19.1 Å². The van der Waals surface area contributed by atoms with Crippen LogP contribution in [0.25, 0.3) is 0 Å². The average molecular weight is 350 g/mol. The molecule has 4 heteroatoms. The van der Waals surface area contributed by atoms with Gasteiger partial charge in [0.1, 0.15) is 11.5 Å². The van der Waals surface area contributed by atoms with Crippen molar-refractivity contribution in [2.75, 3.05) is 19.6 Å². The van der Waals surface area contributed by atoms with Crippen LogP contribution in [0, 0.1) is 5.92 Å². The van der Waals surface area contributed by atoms with Gasteiger partial charge in [-0.15, -0.1) is 0 Å². The molecule has 4 rings (SSSR count).